The molecule has 0 radical (unpaired) electrons. The molecule has 0 amide bonds. The van der Waals surface area contributed by atoms with Crippen LogP contribution < -0.4 is 14.6 Å². The summed E-state index contributed by atoms with van der Waals surface area (Å²) in [6, 6.07) is 9.25. The molecule has 0 bridgehead atoms. The van der Waals surface area contributed by atoms with E-state index in [4.69, 9.17) is 13.9 Å². The Morgan fingerprint density at radius 3 is 2.56 bits per heavy atom. The maximum Gasteiger partial charge on any atom is 0.266 e. The van der Waals surface area contributed by atoms with Crippen molar-refractivity contribution < 1.29 is 28.7 Å². The molecule has 0 aliphatic carbocycles. The number of hydrogen-bond donors (Lipinski definition) is 0. The molecule has 8 nitrogen and oxygen atoms in total. The molecule has 138 valence electrons. The molecule has 1 heterocycles. The number of carbonyl (C=O) groups is 1. The van der Waals surface area contributed by atoms with Gasteiger partial charge in [-0.25, -0.2) is 0 Å². The molecule has 3 rings (SSSR count). The zero-order chi connectivity index (χ0) is 19.6. The van der Waals surface area contributed by atoms with Crippen molar-refractivity contribution in [1.29, 1.82) is 0 Å². The molecule has 0 aliphatic rings. The highest BCUT2D eigenvalue weighted by Gasteiger charge is 2.15. The van der Waals surface area contributed by atoms with Crippen molar-refractivity contribution in [3.63, 3.8) is 0 Å². The van der Waals surface area contributed by atoms with E-state index in [1.54, 1.807) is 24.3 Å². The van der Waals surface area contributed by atoms with Crippen molar-refractivity contribution in [3.8, 4) is 17.2 Å². The van der Waals surface area contributed by atoms with Gasteiger partial charge in [-0.05, 0) is 29.8 Å². The lowest BCUT2D eigenvalue weighted by atomic mass is 10.1. The highest BCUT2D eigenvalue weighted by atomic mass is 16.6. The maximum absolute atomic E-state index is 12.4. The van der Waals surface area contributed by atoms with Gasteiger partial charge in [0.25, 0.3) is 5.69 Å². The Balaban J connectivity index is 1.93. The first-order chi connectivity index (χ1) is 12.9. The summed E-state index contributed by atoms with van der Waals surface area (Å²) in [4.78, 5) is 22.6. The van der Waals surface area contributed by atoms with Crippen LogP contribution in [-0.4, -0.2) is 24.9 Å². The highest BCUT2D eigenvalue weighted by molar-refractivity contribution is 6.07. The Morgan fingerprint density at radius 1 is 1.15 bits per heavy atom. The molecule has 8 heteroatoms. The SMILES string of the molecule is COc1cc(/C=C/C(=O)c2cc3cccc(OC)c3o2)cc([N+](=O)[O-])c1[O-]. The summed E-state index contributed by atoms with van der Waals surface area (Å²) >= 11 is 0. The van der Waals surface area contributed by atoms with E-state index >= 15 is 0 Å². The summed E-state index contributed by atoms with van der Waals surface area (Å²) < 4.78 is 15.6. The summed E-state index contributed by atoms with van der Waals surface area (Å²) in [5.41, 5.74) is 0.0971. The minimum Gasteiger partial charge on any atom is -0.865 e. The van der Waals surface area contributed by atoms with Gasteiger partial charge in [0.15, 0.2) is 17.1 Å². The normalized spacial score (nSPS) is 11.0. The van der Waals surface area contributed by atoms with Gasteiger partial charge in [-0.1, -0.05) is 18.2 Å². The Bertz CT molecular complexity index is 1070. The van der Waals surface area contributed by atoms with E-state index in [-0.39, 0.29) is 17.1 Å². The molecular weight excluding hydrogens is 354 g/mol. The van der Waals surface area contributed by atoms with Gasteiger partial charge < -0.3 is 19.0 Å². The monoisotopic (exact) mass is 368 g/mol. The first-order valence-corrected chi connectivity index (χ1v) is 7.77. The Morgan fingerprint density at radius 2 is 1.89 bits per heavy atom. The van der Waals surface area contributed by atoms with Gasteiger partial charge in [-0.2, -0.15) is 0 Å². The lowest BCUT2D eigenvalue weighted by molar-refractivity contribution is -0.398. The number of methoxy groups -OCH3 is 2. The zero-order valence-electron chi connectivity index (χ0n) is 14.4. The number of nitrogens with zero attached hydrogens (tertiary/aromatic N) is 1. The number of hydrogen-bond acceptors (Lipinski definition) is 7. The van der Waals surface area contributed by atoms with Crippen LogP contribution in [0.25, 0.3) is 17.0 Å². The van der Waals surface area contributed by atoms with E-state index in [0.29, 0.717) is 16.7 Å². The number of ketones is 1. The highest BCUT2D eigenvalue weighted by Crippen LogP contribution is 2.35. The summed E-state index contributed by atoms with van der Waals surface area (Å²) in [6.45, 7) is 0. The van der Waals surface area contributed by atoms with E-state index < -0.39 is 22.1 Å². The fraction of sp³-hybridized carbons (Fsp3) is 0.105. The van der Waals surface area contributed by atoms with Gasteiger partial charge in [-0.3, -0.25) is 14.9 Å². The molecule has 1 aromatic heterocycles. The number of para-hydroxylation sites is 1. The molecule has 2 aromatic carbocycles. The van der Waals surface area contributed by atoms with Crippen molar-refractivity contribution in [2.24, 2.45) is 0 Å². The van der Waals surface area contributed by atoms with Gasteiger partial charge in [0.2, 0.25) is 5.78 Å². The van der Waals surface area contributed by atoms with Crippen molar-refractivity contribution in [2.45, 2.75) is 0 Å². The number of allylic oxidation sites excluding steroid dienone is 1. The van der Waals surface area contributed by atoms with Crippen LogP contribution in [0.4, 0.5) is 5.69 Å². The van der Waals surface area contributed by atoms with Crippen LogP contribution in [0.1, 0.15) is 16.1 Å². The van der Waals surface area contributed by atoms with Gasteiger partial charge in [0.05, 0.1) is 19.1 Å². The van der Waals surface area contributed by atoms with Crippen LogP contribution in [0.15, 0.2) is 46.9 Å². The van der Waals surface area contributed by atoms with Crippen LogP contribution in [0.3, 0.4) is 0 Å². The molecule has 0 N–H and O–H groups in total. The van der Waals surface area contributed by atoms with Crippen molar-refractivity contribution in [3.05, 3.63) is 63.9 Å². The predicted molar refractivity (Wildman–Crippen MR) is 95.2 cm³/mol. The van der Waals surface area contributed by atoms with Crippen molar-refractivity contribution in [2.75, 3.05) is 14.2 Å². The van der Waals surface area contributed by atoms with Crippen LogP contribution in [0.5, 0.6) is 17.2 Å². The smallest absolute Gasteiger partial charge is 0.266 e. The van der Waals surface area contributed by atoms with E-state index in [1.165, 1.54) is 32.4 Å². The third-order valence-corrected chi connectivity index (χ3v) is 3.87. The molecule has 0 saturated carbocycles. The number of ether oxygens (including phenoxy) is 2. The van der Waals surface area contributed by atoms with E-state index in [1.807, 2.05) is 0 Å². The molecule has 3 aromatic rings. The van der Waals surface area contributed by atoms with Crippen LogP contribution in [-0.2, 0) is 0 Å². The first kappa shape index (κ1) is 18.0. The third-order valence-electron chi connectivity index (χ3n) is 3.87. The molecule has 0 unspecified atom stereocenters. The zero-order valence-corrected chi connectivity index (χ0v) is 14.4. The summed E-state index contributed by atoms with van der Waals surface area (Å²) in [5, 5.41) is 23.5. The fourth-order valence-electron chi connectivity index (χ4n) is 2.56. The van der Waals surface area contributed by atoms with E-state index in [9.17, 15) is 20.0 Å². The summed E-state index contributed by atoms with van der Waals surface area (Å²) in [6.07, 6.45) is 2.55. The standard InChI is InChI=1S/C19H15NO7/c1-25-15-5-3-4-12-10-16(27-19(12)15)14(21)7-6-11-8-13(20(23)24)18(22)17(9-11)26-2/h3-10,22H,1-2H3/p-1/b7-6+. The minimum atomic E-state index is -0.824. The number of rotatable bonds is 6. The Labute approximate surface area is 153 Å². The van der Waals surface area contributed by atoms with Crippen LogP contribution >= 0.6 is 0 Å². The second-order valence-corrected chi connectivity index (χ2v) is 5.52. The number of furan rings is 1. The molecular formula is C19H14NO7-. The average Bonchev–Trinajstić information content (AvgIpc) is 3.11. The van der Waals surface area contributed by atoms with Gasteiger partial charge in [0.1, 0.15) is 5.75 Å². The number of fused-ring (bicyclic) bond motifs is 1. The minimum absolute atomic E-state index is 0.0904. The van der Waals surface area contributed by atoms with Gasteiger partial charge in [0, 0.05) is 17.2 Å². The number of carbonyl (C=O) groups excluding carboxylic acids is 1. The van der Waals surface area contributed by atoms with Gasteiger partial charge >= 0.3 is 0 Å². The maximum atomic E-state index is 12.4. The lowest BCUT2D eigenvalue weighted by Gasteiger charge is -2.13. The Kier molecular flexibility index (Phi) is 4.80. The predicted octanol–water partition coefficient (Wildman–Crippen LogP) is 3.33. The molecule has 0 aliphatic heterocycles. The lowest BCUT2D eigenvalue weighted by Crippen LogP contribution is -2.01. The first-order valence-electron chi connectivity index (χ1n) is 7.77. The molecule has 27 heavy (non-hydrogen) atoms. The second kappa shape index (κ2) is 7.20. The number of benzene rings is 2. The largest absolute Gasteiger partial charge is 0.865 e. The summed E-state index contributed by atoms with van der Waals surface area (Å²) in [7, 11) is 2.74. The average molecular weight is 368 g/mol. The third kappa shape index (κ3) is 3.45. The van der Waals surface area contributed by atoms with Gasteiger partial charge in [-0.15, -0.1) is 0 Å². The molecule has 0 saturated heterocycles. The van der Waals surface area contributed by atoms with E-state index in [0.717, 1.165) is 6.07 Å². The van der Waals surface area contributed by atoms with Crippen molar-refractivity contribution >= 4 is 28.5 Å². The molecule has 0 fully saturated rings. The Hall–Kier alpha value is -3.81. The van der Waals surface area contributed by atoms with Crippen LogP contribution in [0.2, 0.25) is 0 Å². The topological polar surface area (TPSA) is 115 Å². The summed E-state index contributed by atoms with van der Waals surface area (Å²) in [5.74, 6) is -0.851. The molecule has 0 spiro atoms. The quantitative estimate of drug-likeness (QED) is 0.284. The number of nitro groups is 1. The number of nitro benzene ring substituents is 1. The van der Waals surface area contributed by atoms with Crippen LogP contribution in [0, 0.1) is 10.1 Å². The van der Waals surface area contributed by atoms with E-state index in [2.05, 4.69) is 0 Å². The van der Waals surface area contributed by atoms with Crippen molar-refractivity contribution in [1.82, 2.24) is 0 Å². The fourth-order valence-corrected chi connectivity index (χ4v) is 2.56. The second-order valence-electron chi connectivity index (χ2n) is 5.52. The molecule has 0 atom stereocenters.